The Bertz CT molecular complexity index is 527. The van der Waals surface area contributed by atoms with Crippen LogP contribution in [-0.2, 0) is 0 Å². The summed E-state index contributed by atoms with van der Waals surface area (Å²) in [7, 11) is 0. The van der Waals surface area contributed by atoms with Gasteiger partial charge < -0.3 is 0 Å². The quantitative estimate of drug-likeness (QED) is 0.422. The number of rotatable bonds is 5. The average Bonchev–Trinajstić information content (AvgIpc) is 2.59. The van der Waals surface area contributed by atoms with E-state index >= 15 is 0 Å². The van der Waals surface area contributed by atoms with Gasteiger partial charge in [0.25, 0.3) is 0 Å². The number of halogens is 1. The molecule has 2 aliphatic carbocycles. The molecular weight excluding hydrogens is 283 g/mol. The molecule has 0 heterocycles. The summed E-state index contributed by atoms with van der Waals surface area (Å²) in [6.45, 7) is 3.78. The molecule has 2 aliphatic rings. The Morgan fingerprint density at radius 2 is 1.70 bits per heavy atom. The zero-order chi connectivity index (χ0) is 16.1. The van der Waals surface area contributed by atoms with E-state index in [0.717, 1.165) is 30.6 Å². The third-order valence-corrected chi connectivity index (χ3v) is 5.94. The van der Waals surface area contributed by atoms with Gasteiger partial charge in [0.2, 0.25) is 0 Å². The minimum atomic E-state index is -0.119. The molecule has 2 saturated carbocycles. The zero-order valence-corrected chi connectivity index (χ0v) is 14.1. The summed E-state index contributed by atoms with van der Waals surface area (Å²) in [6, 6.07) is 7.22. The molecule has 4 unspecified atom stereocenters. The van der Waals surface area contributed by atoms with Gasteiger partial charge in [-0.1, -0.05) is 30.4 Å². The van der Waals surface area contributed by atoms with Gasteiger partial charge in [0, 0.05) is 0 Å². The predicted molar refractivity (Wildman–Crippen MR) is 95.9 cm³/mol. The average molecular weight is 312 g/mol. The van der Waals surface area contributed by atoms with Crippen LogP contribution in [0.2, 0.25) is 0 Å². The standard InChI is InChI=1S/C22H29F/c1-2-3-4-5-6-17-7-8-21-16-20(10-9-19(21)15-17)18-11-13-22(23)14-12-18/h2,5-6,11-14,17,19-21H,1,3-4,7-10,15-16H2/b6-5+. The summed E-state index contributed by atoms with van der Waals surface area (Å²) in [5.41, 5.74) is 1.34. The van der Waals surface area contributed by atoms with Crippen LogP contribution in [0.25, 0.3) is 0 Å². The van der Waals surface area contributed by atoms with E-state index in [-0.39, 0.29) is 5.82 Å². The monoisotopic (exact) mass is 312 g/mol. The third kappa shape index (κ3) is 4.34. The van der Waals surface area contributed by atoms with Crippen LogP contribution in [0.15, 0.2) is 49.1 Å². The van der Waals surface area contributed by atoms with E-state index in [1.807, 2.05) is 18.2 Å². The summed E-state index contributed by atoms with van der Waals surface area (Å²) < 4.78 is 13.1. The van der Waals surface area contributed by atoms with E-state index in [9.17, 15) is 4.39 Å². The molecule has 0 aliphatic heterocycles. The lowest BCUT2D eigenvalue weighted by atomic mass is 9.64. The summed E-state index contributed by atoms with van der Waals surface area (Å²) in [4.78, 5) is 0. The molecule has 0 spiro atoms. The Morgan fingerprint density at radius 1 is 0.957 bits per heavy atom. The first kappa shape index (κ1) is 16.5. The molecule has 23 heavy (non-hydrogen) atoms. The van der Waals surface area contributed by atoms with Crippen LogP contribution in [-0.4, -0.2) is 0 Å². The smallest absolute Gasteiger partial charge is 0.123 e. The number of unbranched alkanes of at least 4 members (excludes halogenated alkanes) is 1. The highest BCUT2D eigenvalue weighted by Gasteiger charge is 2.35. The molecule has 0 amide bonds. The van der Waals surface area contributed by atoms with Crippen molar-refractivity contribution in [2.45, 2.75) is 57.3 Å². The first-order chi connectivity index (χ1) is 11.3. The second-order valence-corrected chi connectivity index (χ2v) is 7.45. The molecule has 1 aromatic rings. The van der Waals surface area contributed by atoms with Crippen molar-refractivity contribution in [1.82, 2.24) is 0 Å². The van der Waals surface area contributed by atoms with E-state index < -0.39 is 0 Å². The molecule has 1 heteroatoms. The Balaban J connectivity index is 1.53. The Labute approximate surface area is 140 Å². The van der Waals surface area contributed by atoms with Gasteiger partial charge in [-0.15, -0.1) is 6.58 Å². The van der Waals surface area contributed by atoms with Crippen molar-refractivity contribution in [3.05, 3.63) is 60.5 Å². The fraction of sp³-hybridized carbons (Fsp3) is 0.545. The van der Waals surface area contributed by atoms with Gasteiger partial charge in [-0.25, -0.2) is 4.39 Å². The number of hydrogen-bond acceptors (Lipinski definition) is 0. The van der Waals surface area contributed by atoms with Crippen LogP contribution < -0.4 is 0 Å². The van der Waals surface area contributed by atoms with E-state index in [1.165, 1.54) is 44.1 Å². The van der Waals surface area contributed by atoms with Crippen LogP contribution in [0.3, 0.4) is 0 Å². The normalized spacial score (nSPS) is 31.0. The molecular formula is C22H29F. The predicted octanol–water partition coefficient (Wildman–Crippen LogP) is 6.65. The molecule has 0 saturated heterocycles. The molecule has 0 radical (unpaired) electrons. The summed E-state index contributed by atoms with van der Waals surface area (Å²) in [6.07, 6.45) is 17.1. The lowest BCUT2D eigenvalue weighted by Crippen LogP contribution is -2.30. The van der Waals surface area contributed by atoms with Crippen LogP contribution in [0, 0.1) is 23.6 Å². The fourth-order valence-electron chi connectivity index (χ4n) is 4.64. The Kier molecular flexibility index (Phi) is 5.70. The van der Waals surface area contributed by atoms with Crippen LogP contribution >= 0.6 is 0 Å². The van der Waals surface area contributed by atoms with Crippen LogP contribution in [0.4, 0.5) is 4.39 Å². The molecule has 0 N–H and O–H groups in total. The minimum absolute atomic E-state index is 0.119. The second-order valence-electron chi connectivity index (χ2n) is 7.45. The van der Waals surface area contributed by atoms with Gasteiger partial charge in [-0.05, 0) is 92.7 Å². The molecule has 1 aromatic carbocycles. The Hall–Kier alpha value is -1.37. The molecule has 3 rings (SSSR count). The highest BCUT2D eigenvalue weighted by Crippen LogP contribution is 2.47. The summed E-state index contributed by atoms with van der Waals surface area (Å²) >= 11 is 0. The topological polar surface area (TPSA) is 0 Å². The van der Waals surface area contributed by atoms with Crippen molar-refractivity contribution in [2.75, 3.05) is 0 Å². The maximum atomic E-state index is 13.1. The van der Waals surface area contributed by atoms with E-state index in [4.69, 9.17) is 0 Å². The van der Waals surface area contributed by atoms with Crippen molar-refractivity contribution in [3.63, 3.8) is 0 Å². The largest absolute Gasteiger partial charge is 0.207 e. The minimum Gasteiger partial charge on any atom is -0.207 e. The van der Waals surface area contributed by atoms with E-state index in [1.54, 1.807) is 12.1 Å². The number of benzene rings is 1. The van der Waals surface area contributed by atoms with Gasteiger partial charge >= 0.3 is 0 Å². The SMILES string of the molecule is C=CCC/C=C/C1CCC2CC(c3ccc(F)cc3)CCC2C1. The van der Waals surface area contributed by atoms with Crippen LogP contribution in [0.5, 0.6) is 0 Å². The van der Waals surface area contributed by atoms with Gasteiger partial charge in [0.15, 0.2) is 0 Å². The number of hydrogen-bond donors (Lipinski definition) is 0. The summed E-state index contributed by atoms with van der Waals surface area (Å²) in [5, 5.41) is 0. The van der Waals surface area contributed by atoms with Gasteiger partial charge in [-0.2, -0.15) is 0 Å². The molecule has 0 aromatic heterocycles. The highest BCUT2D eigenvalue weighted by atomic mass is 19.1. The van der Waals surface area contributed by atoms with Gasteiger partial charge in [0.05, 0.1) is 0 Å². The number of allylic oxidation sites excluding steroid dienone is 3. The number of fused-ring (bicyclic) bond motifs is 1. The van der Waals surface area contributed by atoms with Crippen molar-refractivity contribution < 1.29 is 4.39 Å². The van der Waals surface area contributed by atoms with Crippen molar-refractivity contribution in [3.8, 4) is 0 Å². The maximum Gasteiger partial charge on any atom is 0.123 e. The van der Waals surface area contributed by atoms with E-state index in [0.29, 0.717) is 5.92 Å². The van der Waals surface area contributed by atoms with Crippen molar-refractivity contribution >= 4 is 0 Å². The van der Waals surface area contributed by atoms with Gasteiger partial charge in [-0.3, -0.25) is 0 Å². The second kappa shape index (κ2) is 7.95. The third-order valence-electron chi connectivity index (χ3n) is 5.94. The fourth-order valence-corrected chi connectivity index (χ4v) is 4.64. The first-order valence-electron chi connectivity index (χ1n) is 9.29. The first-order valence-corrected chi connectivity index (χ1v) is 9.29. The Morgan fingerprint density at radius 3 is 2.48 bits per heavy atom. The maximum absolute atomic E-state index is 13.1. The molecule has 2 fully saturated rings. The van der Waals surface area contributed by atoms with Crippen LogP contribution in [0.1, 0.15) is 62.8 Å². The molecule has 0 nitrogen and oxygen atoms in total. The molecule has 124 valence electrons. The van der Waals surface area contributed by atoms with Gasteiger partial charge in [0.1, 0.15) is 5.82 Å². The zero-order valence-electron chi connectivity index (χ0n) is 14.1. The molecule has 4 atom stereocenters. The molecule has 0 bridgehead atoms. The summed E-state index contributed by atoms with van der Waals surface area (Å²) in [5.74, 6) is 3.12. The van der Waals surface area contributed by atoms with Crippen molar-refractivity contribution in [1.29, 1.82) is 0 Å². The lowest BCUT2D eigenvalue weighted by Gasteiger charge is -2.41. The highest BCUT2D eigenvalue weighted by molar-refractivity contribution is 5.21. The lowest BCUT2D eigenvalue weighted by molar-refractivity contribution is 0.133. The van der Waals surface area contributed by atoms with Crippen molar-refractivity contribution in [2.24, 2.45) is 17.8 Å². The van der Waals surface area contributed by atoms with E-state index in [2.05, 4.69) is 18.7 Å².